The molecule has 0 heterocycles. The summed E-state index contributed by atoms with van der Waals surface area (Å²) in [5, 5.41) is 17.3. The second kappa shape index (κ2) is 54.2. The molecule has 1 rings (SSSR count). The number of aliphatic hydroxyl groups is 2. The molecule has 0 bridgehead atoms. The number of unbranched alkanes of at least 4 members (excludes halogenated alkanes) is 5. The molecule has 18 heteroatoms. The first-order valence-electron chi connectivity index (χ1n) is 24.0. The van der Waals surface area contributed by atoms with E-state index >= 15 is 0 Å². The van der Waals surface area contributed by atoms with Crippen molar-refractivity contribution in [2.75, 3.05) is 211 Å². The maximum atomic E-state index is 8.65. The summed E-state index contributed by atoms with van der Waals surface area (Å²) < 4.78 is 89.2. The van der Waals surface area contributed by atoms with Gasteiger partial charge in [0.1, 0.15) is 6.10 Å². The van der Waals surface area contributed by atoms with Gasteiger partial charge in [0, 0.05) is 13.2 Å². The van der Waals surface area contributed by atoms with Gasteiger partial charge < -0.3 is 86.0 Å². The zero-order valence-corrected chi connectivity index (χ0v) is 40.2. The Bertz CT molecular complexity index is 1030. The molecule has 0 aliphatic carbocycles. The van der Waals surface area contributed by atoms with Crippen LogP contribution >= 0.6 is 0 Å². The second-order valence-corrected chi connectivity index (χ2v) is 14.6. The normalized spacial score (nSPS) is 11.7. The van der Waals surface area contributed by atoms with Crippen molar-refractivity contribution in [1.82, 2.24) is 0 Å². The lowest BCUT2D eigenvalue weighted by Crippen LogP contribution is -2.28. The minimum absolute atomic E-state index is 0.0156. The third kappa shape index (κ3) is 47.3. The Morgan fingerprint density at radius 2 is 0.621 bits per heavy atom. The van der Waals surface area contributed by atoms with Crippen molar-refractivity contribution in [3.05, 3.63) is 42.0 Å². The van der Waals surface area contributed by atoms with Crippen molar-refractivity contribution in [3.8, 4) is 0 Å². The van der Waals surface area contributed by atoms with Gasteiger partial charge in [0.15, 0.2) is 0 Å². The van der Waals surface area contributed by atoms with Crippen LogP contribution in [0.5, 0.6) is 0 Å². The van der Waals surface area contributed by atoms with E-state index in [4.69, 9.17) is 86.0 Å². The lowest BCUT2D eigenvalue weighted by molar-refractivity contribution is -0.0768. The predicted octanol–water partition coefficient (Wildman–Crippen LogP) is 3.79. The third-order valence-corrected chi connectivity index (χ3v) is 9.06. The predicted molar refractivity (Wildman–Crippen MR) is 249 cm³/mol. The van der Waals surface area contributed by atoms with Crippen molar-refractivity contribution in [1.29, 1.82) is 0 Å². The average Bonchev–Trinajstić information content (AvgIpc) is 3.34. The van der Waals surface area contributed by atoms with E-state index in [0.717, 1.165) is 37.9 Å². The van der Waals surface area contributed by atoms with E-state index in [2.05, 4.69) is 30.8 Å². The van der Waals surface area contributed by atoms with Crippen LogP contribution in [0.25, 0.3) is 6.08 Å². The third-order valence-electron chi connectivity index (χ3n) is 9.06. The standard InChI is InChI=1S/C48H88O18/c1-2-46-9-11-47(12-10-46)43-63-15-7-5-3-4-6-8-16-66-48(44-64-41-39-61-37-35-59-33-31-57-29-27-55-25-23-53-21-19-51-17-13-49)45-65-42-40-62-38-36-60-34-32-58-30-28-56-26-24-54-22-20-52-18-14-50/h2,9-12,48-50H,1,3-8,13-45H2. The summed E-state index contributed by atoms with van der Waals surface area (Å²) in [7, 11) is 0. The molecule has 0 amide bonds. The van der Waals surface area contributed by atoms with E-state index in [1.807, 2.05) is 6.08 Å². The Hall–Kier alpha value is -1.76. The topological polar surface area (TPSA) is 188 Å². The lowest BCUT2D eigenvalue weighted by atomic mass is 10.1. The number of rotatable bonds is 57. The SMILES string of the molecule is C=Cc1ccc(COCCCCCCCCOC(COCCOCCOCCOCCOCCOCCOCCO)COCCOCCOCCOCCOCCOCCOCCO)cc1. The highest BCUT2D eigenvalue weighted by Crippen LogP contribution is 2.10. The van der Waals surface area contributed by atoms with Crippen molar-refractivity contribution in [2.45, 2.75) is 51.2 Å². The molecule has 0 aromatic heterocycles. The van der Waals surface area contributed by atoms with Gasteiger partial charge in [-0.1, -0.05) is 62.6 Å². The van der Waals surface area contributed by atoms with Gasteiger partial charge in [-0.2, -0.15) is 0 Å². The van der Waals surface area contributed by atoms with Gasteiger partial charge >= 0.3 is 0 Å². The van der Waals surface area contributed by atoms with Crippen LogP contribution in [-0.2, 0) is 82.4 Å². The second-order valence-electron chi connectivity index (χ2n) is 14.6. The molecular weight excluding hydrogens is 865 g/mol. The maximum Gasteiger partial charge on any atom is 0.104 e. The fraction of sp³-hybridized carbons (Fsp3) is 0.833. The van der Waals surface area contributed by atoms with Crippen LogP contribution in [-0.4, -0.2) is 228 Å². The summed E-state index contributed by atoms with van der Waals surface area (Å²) in [4.78, 5) is 0. The maximum absolute atomic E-state index is 8.65. The van der Waals surface area contributed by atoms with E-state index in [-0.39, 0.29) is 19.3 Å². The molecule has 0 unspecified atom stereocenters. The molecule has 0 spiro atoms. The Morgan fingerprint density at radius 3 is 0.939 bits per heavy atom. The molecule has 0 atom stereocenters. The molecular formula is C48H88O18. The molecule has 388 valence electrons. The van der Waals surface area contributed by atoms with Gasteiger partial charge in [0.25, 0.3) is 0 Å². The molecule has 0 aliphatic heterocycles. The molecule has 66 heavy (non-hydrogen) atoms. The van der Waals surface area contributed by atoms with Crippen LogP contribution in [0.1, 0.15) is 49.7 Å². The highest BCUT2D eigenvalue weighted by atomic mass is 16.6. The molecule has 0 saturated carbocycles. The van der Waals surface area contributed by atoms with Crippen molar-refractivity contribution < 1.29 is 86.0 Å². The van der Waals surface area contributed by atoms with Gasteiger partial charge in [0.05, 0.1) is 205 Å². The summed E-state index contributed by atoms with van der Waals surface area (Å²) in [5.74, 6) is 0. The van der Waals surface area contributed by atoms with Crippen LogP contribution < -0.4 is 0 Å². The monoisotopic (exact) mass is 953 g/mol. The Balaban J connectivity index is 2.08. The largest absolute Gasteiger partial charge is 0.394 e. The van der Waals surface area contributed by atoms with E-state index in [0.29, 0.717) is 198 Å². The first-order valence-corrected chi connectivity index (χ1v) is 24.0. The zero-order valence-electron chi connectivity index (χ0n) is 40.2. The summed E-state index contributed by atoms with van der Waals surface area (Å²) in [6, 6.07) is 8.30. The average molecular weight is 953 g/mol. The van der Waals surface area contributed by atoms with Gasteiger partial charge in [-0.15, -0.1) is 0 Å². The molecule has 0 radical (unpaired) electrons. The molecule has 1 aromatic rings. The number of benzene rings is 1. The molecule has 18 nitrogen and oxygen atoms in total. The van der Waals surface area contributed by atoms with Crippen LogP contribution in [0.15, 0.2) is 30.8 Å². The smallest absolute Gasteiger partial charge is 0.104 e. The van der Waals surface area contributed by atoms with Gasteiger partial charge in [-0.3, -0.25) is 0 Å². The van der Waals surface area contributed by atoms with Gasteiger partial charge in [-0.25, -0.2) is 0 Å². The van der Waals surface area contributed by atoms with Crippen LogP contribution in [0, 0.1) is 0 Å². The summed E-state index contributed by atoms with van der Waals surface area (Å²) >= 11 is 0. The number of aliphatic hydroxyl groups excluding tert-OH is 2. The van der Waals surface area contributed by atoms with Crippen LogP contribution in [0.2, 0.25) is 0 Å². The van der Waals surface area contributed by atoms with Gasteiger partial charge in [0.2, 0.25) is 0 Å². The summed E-state index contributed by atoms with van der Waals surface area (Å²) in [5.41, 5.74) is 2.30. The Morgan fingerprint density at radius 1 is 0.333 bits per heavy atom. The van der Waals surface area contributed by atoms with Crippen molar-refractivity contribution in [2.24, 2.45) is 0 Å². The first kappa shape index (κ1) is 62.3. The highest BCUT2D eigenvalue weighted by molar-refractivity contribution is 5.47. The number of hydrogen-bond acceptors (Lipinski definition) is 18. The summed E-state index contributed by atoms with van der Waals surface area (Å²) in [6.45, 7) is 18.7. The first-order chi connectivity index (χ1) is 32.8. The minimum Gasteiger partial charge on any atom is -0.394 e. The fourth-order valence-corrected chi connectivity index (χ4v) is 5.55. The van der Waals surface area contributed by atoms with Gasteiger partial charge in [-0.05, 0) is 24.0 Å². The fourth-order valence-electron chi connectivity index (χ4n) is 5.55. The molecule has 2 N–H and O–H groups in total. The molecule has 0 saturated heterocycles. The number of ether oxygens (including phenoxy) is 16. The van der Waals surface area contributed by atoms with Crippen LogP contribution in [0.3, 0.4) is 0 Å². The van der Waals surface area contributed by atoms with E-state index in [1.54, 1.807) is 0 Å². The molecule has 0 aliphatic rings. The van der Waals surface area contributed by atoms with Crippen molar-refractivity contribution in [3.63, 3.8) is 0 Å². The van der Waals surface area contributed by atoms with Crippen LogP contribution in [0.4, 0.5) is 0 Å². The Labute approximate surface area is 395 Å². The summed E-state index contributed by atoms with van der Waals surface area (Å²) in [6.07, 6.45) is 8.32. The zero-order chi connectivity index (χ0) is 47.2. The number of hydrogen-bond donors (Lipinski definition) is 2. The highest BCUT2D eigenvalue weighted by Gasteiger charge is 2.11. The molecule has 0 fully saturated rings. The lowest BCUT2D eigenvalue weighted by Gasteiger charge is -2.18. The van der Waals surface area contributed by atoms with E-state index in [9.17, 15) is 0 Å². The quantitative estimate of drug-likeness (QED) is 0.0898. The minimum atomic E-state index is -0.190. The van der Waals surface area contributed by atoms with E-state index < -0.39 is 0 Å². The van der Waals surface area contributed by atoms with Crippen molar-refractivity contribution >= 4 is 6.08 Å². The molecule has 1 aromatic carbocycles. The Kier molecular flexibility index (Phi) is 51.1. The van der Waals surface area contributed by atoms with E-state index in [1.165, 1.54) is 18.4 Å².